The fourth-order valence-electron chi connectivity index (χ4n) is 1.79. The summed E-state index contributed by atoms with van der Waals surface area (Å²) >= 11 is 1.76. The van der Waals surface area contributed by atoms with Gasteiger partial charge in [0.1, 0.15) is 6.29 Å². The highest BCUT2D eigenvalue weighted by molar-refractivity contribution is 7.18. The number of fused-ring (bicyclic) bond motifs is 1. The third-order valence-electron chi connectivity index (χ3n) is 2.94. The molecule has 17 heavy (non-hydrogen) atoms. The first-order valence-corrected chi connectivity index (χ1v) is 6.77. The van der Waals surface area contributed by atoms with Crippen LogP contribution in [0.1, 0.15) is 49.6 Å². The second-order valence-electron chi connectivity index (χ2n) is 4.74. The maximum absolute atomic E-state index is 10.5. The zero-order valence-electron chi connectivity index (χ0n) is 10.4. The smallest absolute Gasteiger partial charge is 0.120 e. The lowest BCUT2D eigenvalue weighted by molar-refractivity contribution is -0.108. The number of aldehydes is 1. The van der Waals surface area contributed by atoms with Gasteiger partial charge < -0.3 is 4.79 Å². The van der Waals surface area contributed by atoms with Gasteiger partial charge in [0.15, 0.2) is 0 Å². The van der Waals surface area contributed by atoms with Crippen molar-refractivity contribution in [2.45, 2.75) is 39.0 Å². The molecule has 1 heterocycles. The molecule has 3 heteroatoms. The Kier molecular flexibility index (Phi) is 3.57. The van der Waals surface area contributed by atoms with Crippen LogP contribution in [0.4, 0.5) is 0 Å². The van der Waals surface area contributed by atoms with Crippen molar-refractivity contribution in [1.29, 1.82) is 0 Å². The van der Waals surface area contributed by atoms with Crippen LogP contribution < -0.4 is 0 Å². The standard InChI is InChI=1S/C14H17NOS/c1-9(2)14-15-12-5-4-11(8-13(12)17-14)10(3)6-7-16/h4-5,7-10H,6H2,1-3H3. The van der Waals surface area contributed by atoms with Crippen LogP contribution in [0.5, 0.6) is 0 Å². The molecule has 90 valence electrons. The normalized spacial score (nSPS) is 13.2. The molecule has 1 aromatic carbocycles. The summed E-state index contributed by atoms with van der Waals surface area (Å²) in [6.45, 7) is 6.40. The number of benzene rings is 1. The van der Waals surface area contributed by atoms with Gasteiger partial charge in [0.25, 0.3) is 0 Å². The fraction of sp³-hybridized carbons (Fsp3) is 0.429. The second-order valence-corrected chi connectivity index (χ2v) is 5.80. The van der Waals surface area contributed by atoms with E-state index in [2.05, 4.69) is 44.0 Å². The lowest BCUT2D eigenvalue weighted by Gasteiger charge is -2.07. The number of thiazole rings is 1. The van der Waals surface area contributed by atoms with Gasteiger partial charge in [-0.15, -0.1) is 11.3 Å². The minimum absolute atomic E-state index is 0.293. The van der Waals surface area contributed by atoms with Gasteiger partial charge in [-0.2, -0.15) is 0 Å². The van der Waals surface area contributed by atoms with Gasteiger partial charge >= 0.3 is 0 Å². The zero-order valence-corrected chi connectivity index (χ0v) is 11.3. The molecule has 0 radical (unpaired) electrons. The maximum atomic E-state index is 10.5. The molecule has 1 unspecified atom stereocenters. The van der Waals surface area contributed by atoms with Crippen LogP contribution in [0, 0.1) is 0 Å². The number of hydrogen-bond acceptors (Lipinski definition) is 3. The number of hydrogen-bond donors (Lipinski definition) is 0. The lowest BCUT2D eigenvalue weighted by Crippen LogP contribution is -1.93. The van der Waals surface area contributed by atoms with Crippen molar-refractivity contribution in [3.8, 4) is 0 Å². The summed E-state index contributed by atoms with van der Waals surface area (Å²) in [5.41, 5.74) is 2.30. The summed E-state index contributed by atoms with van der Waals surface area (Å²) in [7, 11) is 0. The van der Waals surface area contributed by atoms with Gasteiger partial charge in [-0.05, 0) is 23.6 Å². The Morgan fingerprint density at radius 2 is 2.12 bits per heavy atom. The van der Waals surface area contributed by atoms with E-state index in [4.69, 9.17) is 0 Å². The first kappa shape index (κ1) is 12.2. The van der Waals surface area contributed by atoms with Crippen molar-refractivity contribution in [3.63, 3.8) is 0 Å². The Morgan fingerprint density at radius 1 is 1.35 bits per heavy atom. The molecule has 0 bridgehead atoms. The fourth-order valence-corrected chi connectivity index (χ4v) is 2.81. The molecule has 0 amide bonds. The predicted octanol–water partition coefficient (Wildman–Crippen LogP) is 4.11. The Balaban J connectivity index is 2.39. The zero-order chi connectivity index (χ0) is 12.4. The molecule has 2 aromatic rings. The van der Waals surface area contributed by atoms with Crippen molar-refractivity contribution in [3.05, 3.63) is 28.8 Å². The van der Waals surface area contributed by atoms with Crippen molar-refractivity contribution >= 4 is 27.8 Å². The van der Waals surface area contributed by atoms with E-state index in [-0.39, 0.29) is 0 Å². The van der Waals surface area contributed by atoms with Crippen LogP contribution in [0.15, 0.2) is 18.2 Å². The highest BCUT2D eigenvalue weighted by atomic mass is 32.1. The van der Waals surface area contributed by atoms with Crippen molar-refractivity contribution in [2.24, 2.45) is 0 Å². The topological polar surface area (TPSA) is 30.0 Å². The third-order valence-corrected chi connectivity index (χ3v) is 4.26. The van der Waals surface area contributed by atoms with E-state index in [0.29, 0.717) is 18.3 Å². The lowest BCUT2D eigenvalue weighted by atomic mass is 9.98. The van der Waals surface area contributed by atoms with Crippen LogP contribution in [-0.4, -0.2) is 11.3 Å². The van der Waals surface area contributed by atoms with Crippen molar-refractivity contribution in [1.82, 2.24) is 4.98 Å². The molecule has 2 rings (SSSR count). The van der Waals surface area contributed by atoms with Gasteiger partial charge in [-0.3, -0.25) is 0 Å². The van der Waals surface area contributed by atoms with Gasteiger partial charge in [0, 0.05) is 12.3 Å². The van der Waals surface area contributed by atoms with Gasteiger partial charge in [-0.25, -0.2) is 4.98 Å². The summed E-state index contributed by atoms with van der Waals surface area (Å²) in [6.07, 6.45) is 1.57. The minimum atomic E-state index is 0.293. The summed E-state index contributed by atoms with van der Waals surface area (Å²) in [5.74, 6) is 0.768. The van der Waals surface area contributed by atoms with Gasteiger partial charge in [0.05, 0.1) is 15.2 Å². The Morgan fingerprint density at radius 3 is 2.76 bits per heavy atom. The second kappa shape index (κ2) is 4.96. The molecule has 0 saturated heterocycles. The molecule has 1 aromatic heterocycles. The van der Waals surface area contributed by atoms with Crippen LogP contribution in [-0.2, 0) is 4.79 Å². The van der Waals surface area contributed by atoms with Crippen LogP contribution >= 0.6 is 11.3 Å². The summed E-state index contributed by atoms with van der Waals surface area (Å²) in [5, 5.41) is 1.18. The van der Waals surface area contributed by atoms with Crippen LogP contribution in [0.2, 0.25) is 0 Å². The Labute approximate surface area is 106 Å². The van der Waals surface area contributed by atoms with Crippen LogP contribution in [0.3, 0.4) is 0 Å². The molecule has 0 saturated carbocycles. The van der Waals surface area contributed by atoms with Crippen LogP contribution in [0.25, 0.3) is 10.2 Å². The highest BCUT2D eigenvalue weighted by Crippen LogP contribution is 2.30. The van der Waals surface area contributed by atoms with E-state index in [1.165, 1.54) is 15.3 Å². The molecule has 0 fully saturated rings. The first-order chi connectivity index (χ1) is 8.11. The first-order valence-electron chi connectivity index (χ1n) is 5.96. The predicted molar refractivity (Wildman–Crippen MR) is 72.8 cm³/mol. The average Bonchev–Trinajstić information content (AvgIpc) is 2.71. The highest BCUT2D eigenvalue weighted by Gasteiger charge is 2.10. The van der Waals surface area contributed by atoms with E-state index < -0.39 is 0 Å². The minimum Gasteiger partial charge on any atom is -0.303 e. The monoisotopic (exact) mass is 247 g/mol. The van der Waals surface area contributed by atoms with E-state index >= 15 is 0 Å². The number of aromatic nitrogens is 1. The quantitative estimate of drug-likeness (QED) is 0.761. The molecule has 0 aliphatic heterocycles. The number of nitrogens with zero attached hydrogens (tertiary/aromatic N) is 1. The molecular weight excluding hydrogens is 230 g/mol. The van der Waals surface area contributed by atoms with Gasteiger partial charge in [-0.1, -0.05) is 26.8 Å². The number of rotatable bonds is 4. The molecule has 0 spiro atoms. The van der Waals surface area contributed by atoms with E-state index in [9.17, 15) is 4.79 Å². The number of carbonyl (C=O) groups is 1. The maximum Gasteiger partial charge on any atom is 0.120 e. The SMILES string of the molecule is CC(C)c1nc2ccc(C(C)CC=O)cc2s1. The number of carbonyl (C=O) groups excluding carboxylic acids is 1. The molecular formula is C14H17NOS. The molecule has 0 aliphatic carbocycles. The molecule has 1 atom stereocenters. The Bertz CT molecular complexity index is 530. The summed E-state index contributed by atoms with van der Waals surface area (Å²) < 4.78 is 1.23. The third kappa shape index (κ3) is 2.55. The van der Waals surface area contributed by atoms with E-state index in [1.807, 2.05) is 0 Å². The van der Waals surface area contributed by atoms with Gasteiger partial charge in [0.2, 0.25) is 0 Å². The average molecular weight is 247 g/mol. The van der Waals surface area contributed by atoms with Crippen molar-refractivity contribution < 1.29 is 4.79 Å². The van der Waals surface area contributed by atoms with Crippen molar-refractivity contribution in [2.75, 3.05) is 0 Å². The summed E-state index contributed by atoms with van der Waals surface area (Å²) in [6, 6.07) is 6.32. The summed E-state index contributed by atoms with van der Waals surface area (Å²) in [4.78, 5) is 15.1. The largest absolute Gasteiger partial charge is 0.303 e. The molecule has 0 N–H and O–H groups in total. The Hall–Kier alpha value is -1.22. The molecule has 2 nitrogen and oxygen atoms in total. The van der Waals surface area contributed by atoms with E-state index in [0.717, 1.165) is 11.8 Å². The van der Waals surface area contributed by atoms with E-state index in [1.54, 1.807) is 11.3 Å². The molecule has 0 aliphatic rings.